The highest BCUT2D eigenvalue weighted by Gasteiger charge is 2.22. The van der Waals surface area contributed by atoms with Gasteiger partial charge in [0.2, 0.25) is 0 Å². The van der Waals surface area contributed by atoms with E-state index in [9.17, 15) is 14.3 Å². The zero-order valence-corrected chi connectivity index (χ0v) is 8.28. The van der Waals surface area contributed by atoms with E-state index in [0.29, 0.717) is 0 Å². The fraction of sp³-hybridized carbons (Fsp3) is 0.300. The Labute approximate surface area is 85.6 Å². The highest BCUT2D eigenvalue weighted by molar-refractivity contribution is 5.91. The molecule has 0 aliphatic carbocycles. The quantitative estimate of drug-likeness (QED) is 0.696. The van der Waals surface area contributed by atoms with E-state index in [2.05, 4.69) is 0 Å². The summed E-state index contributed by atoms with van der Waals surface area (Å²) in [7, 11) is 0. The zero-order chi connectivity index (χ0) is 11.8. The van der Waals surface area contributed by atoms with Crippen LogP contribution in [0, 0.1) is 5.82 Å². The third-order valence-electron chi connectivity index (χ3n) is 2.00. The first-order valence-corrected chi connectivity index (χ1v) is 4.22. The molecule has 0 bridgehead atoms. The van der Waals surface area contributed by atoms with Gasteiger partial charge in [-0.3, -0.25) is 0 Å². The summed E-state index contributed by atoms with van der Waals surface area (Å²) in [6, 6.07) is 1.95. The van der Waals surface area contributed by atoms with Crippen LogP contribution in [-0.4, -0.2) is 21.3 Å². The minimum Gasteiger partial charge on any atom is -0.504 e. The smallest absolute Gasteiger partial charge is 0.339 e. The highest BCUT2D eigenvalue weighted by atomic mass is 19.1. The molecule has 0 aliphatic heterocycles. The van der Waals surface area contributed by atoms with Crippen LogP contribution in [0.15, 0.2) is 12.1 Å². The highest BCUT2D eigenvalue weighted by Crippen LogP contribution is 2.28. The number of carbonyl (C=O) groups is 1. The van der Waals surface area contributed by atoms with Crippen LogP contribution in [0.1, 0.15) is 29.8 Å². The van der Waals surface area contributed by atoms with Crippen molar-refractivity contribution >= 4 is 5.97 Å². The van der Waals surface area contributed by atoms with Crippen LogP contribution < -0.4 is 0 Å². The molecule has 0 amide bonds. The summed E-state index contributed by atoms with van der Waals surface area (Å²) in [5.74, 6) is -3.43. The molecule has 0 atom stereocenters. The Hall–Kier alpha value is -1.62. The van der Waals surface area contributed by atoms with Crippen LogP contribution in [0.3, 0.4) is 0 Å². The molecule has 1 aromatic carbocycles. The van der Waals surface area contributed by atoms with Crippen LogP contribution in [0.5, 0.6) is 5.75 Å². The summed E-state index contributed by atoms with van der Waals surface area (Å²) in [4.78, 5) is 10.6. The molecule has 1 aromatic rings. The SMILES string of the molecule is CC(C)(O)c1cc(F)c(O)c(C(=O)O)c1. The molecule has 1 rings (SSSR count). The number of aromatic carboxylic acids is 1. The molecule has 15 heavy (non-hydrogen) atoms. The molecular weight excluding hydrogens is 203 g/mol. The van der Waals surface area contributed by atoms with E-state index in [-0.39, 0.29) is 5.56 Å². The van der Waals surface area contributed by atoms with Gasteiger partial charge in [-0.05, 0) is 31.5 Å². The summed E-state index contributed by atoms with van der Waals surface area (Å²) in [6.45, 7) is 2.79. The molecular formula is C10H11FO4. The molecule has 0 unspecified atom stereocenters. The van der Waals surface area contributed by atoms with E-state index in [1.165, 1.54) is 13.8 Å². The van der Waals surface area contributed by atoms with E-state index in [0.717, 1.165) is 12.1 Å². The minimum absolute atomic E-state index is 0.0928. The van der Waals surface area contributed by atoms with Gasteiger partial charge in [0.15, 0.2) is 11.6 Å². The summed E-state index contributed by atoms with van der Waals surface area (Å²) in [5.41, 5.74) is -1.83. The first-order valence-electron chi connectivity index (χ1n) is 4.22. The normalized spacial score (nSPS) is 11.5. The molecule has 0 aliphatic rings. The molecule has 3 N–H and O–H groups in total. The third-order valence-corrected chi connectivity index (χ3v) is 2.00. The van der Waals surface area contributed by atoms with Crippen LogP contribution in [0.25, 0.3) is 0 Å². The third kappa shape index (κ3) is 2.24. The monoisotopic (exact) mass is 214 g/mol. The second-order valence-corrected chi connectivity index (χ2v) is 3.72. The van der Waals surface area contributed by atoms with Crippen molar-refractivity contribution in [2.24, 2.45) is 0 Å². The molecule has 82 valence electrons. The maximum atomic E-state index is 13.1. The molecule has 0 spiro atoms. The Morgan fingerprint density at radius 1 is 1.40 bits per heavy atom. The number of carboxylic acid groups (broad SMARTS) is 1. The number of benzene rings is 1. The van der Waals surface area contributed by atoms with Gasteiger partial charge in [0.1, 0.15) is 5.56 Å². The summed E-state index contributed by atoms with van der Waals surface area (Å²) in [6.07, 6.45) is 0. The van der Waals surface area contributed by atoms with Crippen molar-refractivity contribution in [2.75, 3.05) is 0 Å². The number of halogens is 1. The average Bonchev–Trinajstić information content (AvgIpc) is 2.06. The number of hydrogen-bond acceptors (Lipinski definition) is 3. The maximum absolute atomic E-state index is 13.1. The van der Waals surface area contributed by atoms with Crippen LogP contribution in [-0.2, 0) is 5.60 Å². The van der Waals surface area contributed by atoms with Crippen molar-refractivity contribution in [1.29, 1.82) is 0 Å². The molecule has 0 saturated carbocycles. The second kappa shape index (κ2) is 3.51. The number of hydrogen-bond donors (Lipinski definition) is 3. The van der Waals surface area contributed by atoms with Gasteiger partial charge in [-0.15, -0.1) is 0 Å². The van der Waals surface area contributed by atoms with Crippen LogP contribution in [0.4, 0.5) is 4.39 Å². The van der Waals surface area contributed by atoms with Gasteiger partial charge in [-0.2, -0.15) is 0 Å². The molecule has 0 radical (unpaired) electrons. The van der Waals surface area contributed by atoms with E-state index in [1.807, 2.05) is 0 Å². The van der Waals surface area contributed by atoms with E-state index < -0.39 is 28.7 Å². The summed E-state index contributed by atoms with van der Waals surface area (Å²) >= 11 is 0. The van der Waals surface area contributed by atoms with Gasteiger partial charge in [0.05, 0.1) is 5.60 Å². The number of rotatable bonds is 2. The number of aliphatic hydroxyl groups is 1. The van der Waals surface area contributed by atoms with Gasteiger partial charge >= 0.3 is 5.97 Å². The van der Waals surface area contributed by atoms with Crippen molar-refractivity contribution in [3.63, 3.8) is 0 Å². The van der Waals surface area contributed by atoms with Crippen LogP contribution >= 0.6 is 0 Å². The van der Waals surface area contributed by atoms with Gasteiger partial charge in [-0.1, -0.05) is 0 Å². The topological polar surface area (TPSA) is 77.8 Å². The molecule has 0 aromatic heterocycles. The van der Waals surface area contributed by atoms with Gasteiger partial charge < -0.3 is 15.3 Å². The summed E-state index contributed by atoms with van der Waals surface area (Å²) < 4.78 is 13.1. The Morgan fingerprint density at radius 3 is 2.33 bits per heavy atom. The Bertz CT molecular complexity index is 407. The average molecular weight is 214 g/mol. The predicted molar refractivity (Wildman–Crippen MR) is 50.3 cm³/mol. The molecule has 0 fully saturated rings. The largest absolute Gasteiger partial charge is 0.504 e. The second-order valence-electron chi connectivity index (χ2n) is 3.72. The van der Waals surface area contributed by atoms with Crippen molar-refractivity contribution in [1.82, 2.24) is 0 Å². The lowest BCUT2D eigenvalue weighted by Crippen LogP contribution is -2.17. The van der Waals surface area contributed by atoms with Crippen molar-refractivity contribution in [3.8, 4) is 5.75 Å². The Morgan fingerprint density at radius 2 is 1.93 bits per heavy atom. The number of phenols is 1. The molecule has 5 heteroatoms. The number of aromatic hydroxyl groups is 1. The van der Waals surface area contributed by atoms with E-state index in [1.54, 1.807) is 0 Å². The van der Waals surface area contributed by atoms with E-state index in [4.69, 9.17) is 10.2 Å². The Balaban J connectivity index is 3.43. The van der Waals surface area contributed by atoms with Gasteiger partial charge in [0, 0.05) is 0 Å². The molecule has 4 nitrogen and oxygen atoms in total. The standard InChI is InChI=1S/C10H11FO4/c1-10(2,15)5-3-6(9(13)14)8(12)7(11)4-5/h3-4,12,15H,1-2H3,(H,13,14). The van der Waals surface area contributed by atoms with Crippen LogP contribution in [0.2, 0.25) is 0 Å². The lowest BCUT2D eigenvalue weighted by molar-refractivity contribution is 0.0687. The van der Waals surface area contributed by atoms with E-state index >= 15 is 0 Å². The van der Waals surface area contributed by atoms with Gasteiger partial charge in [0.25, 0.3) is 0 Å². The zero-order valence-electron chi connectivity index (χ0n) is 8.28. The van der Waals surface area contributed by atoms with Gasteiger partial charge in [-0.25, -0.2) is 9.18 Å². The maximum Gasteiger partial charge on any atom is 0.339 e. The predicted octanol–water partition coefficient (Wildman–Crippen LogP) is 1.46. The molecule has 0 saturated heterocycles. The van der Waals surface area contributed by atoms with Crippen molar-refractivity contribution in [2.45, 2.75) is 19.4 Å². The molecule has 0 heterocycles. The minimum atomic E-state index is -1.45. The lowest BCUT2D eigenvalue weighted by atomic mass is 9.96. The fourth-order valence-electron chi connectivity index (χ4n) is 1.12. The van der Waals surface area contributed by atoms with Crippen molar-refractivity contribution in [3.05, 3.63) is 29.1 Å². The van der Waals surface area contributed by atoms with Crippen molar-refractivity contribution < 1.29 is 24.5 Å². The first-order chi connectivity index (χ1) is 6.73. The fourth-order valence-corrected chi connectivity index (χ4v) is 1.12. The first kappa shape index (κ1) is 11.5. The number of carboxylic acids is 1. The lowest BCUT2D eigenvalue weighted by Gasteiger charge is -2.18. The Kier molecular flexibility index (Phi) is 2.68. The summed E-state index contributed by atoms with van der Waals surface area (Å²) in [5, 5.41) is 27.4.